The highest BCUT2D eigenvalue weighted by atomic mass is 32.2. The maximum atomic E-state index is 13.7. The standard InChI is InChI=1S/C16H14FN3S/c17-14-9-5-4-8-13(14)15-18-16(20-19-15)21-11-10-12-6-2-1-3-7-12/h1-9H,10-11H2,(H,18,19,20). The maximum absolute atomic E-state index is 13.7. The molecule has 0 aliphatic rings. The zero-order valence-corrected chi connectivity index (χ0v) is 12.1. The van der Waals surface area contributed by atoms with E-state index in [1.165, 1.54) is 11.6 Å². The SMILES string of the molecule is Fc1ccccc1-c1nc(SCCc2ccccc2)n[nH]1. The van der Waals surface area contributed by atoms with Gasteiger partial charge in [-0.2, -0.15) is 0 Å². The molecule has 0 bridgehead atoms. The van der Waals surface area contributed by atoms with Crippen LogP contribution in [0.5, 0.6) is 0 Å². The average molecular weight is 299 g/mol. The lowest BCUT2D eigenvalue weighted by molar-refractivity contribution is 0.630. The number of halogens is 1. The lowest BCUT2D eigenvalue weighted by Gasteiger charge is -1.98. The number of H-pyrrole nitrogens is 1. The van der Waals surface area contributed by atoms with E-state index in [1.54, 1.807) is 30.0 Å². The topological polar surface area (TPSA) is 41.6 Å². The van der Waals surface area contributed by atoms with Crippen LogP contribution >= 0.6 is 11.8 Å². The molecule has 0 aliphatic heterocycles. The van der Waals surface area contributed by atoms with Crippen molar-refractivity contribution in [3.63, 3.8) is 0 Å². The molecule has 1 heterocycles. The smallest absolute Gasteiger partial charge is 0.208 e. The lowest BCUT2D eigenvalue weighted by Crippen LogP contribution is -1.88. The fourth-order valence-electron chi connectivity index (χ4n) is 1.99. The van der Waals surface area contributed by atoms with Crippen LogP contribution in [0.25, 0.3) is 11.4 Å². The zero-order valence-electron chi connectivity index (χ0n) is 11.3. The Hall–Kier alpha value is -2.14. The summed E-state index contributed by atoms with van der Waals surface area (Å²) in [6.07, 6.45) is 0.953. The first-order chi connectivity index (χ1) is 10.3. The van der Waals surface area contributed by atoms with Crippen LogP contribution in [0, 0.1) is 5.82 Å². The van der Waals surface area contributed by atoms with Gasteiger partial charge in [-0.25, -0.2) is 9.37 Å². The third kappa shape index (κ3) is 3.49. The minimum absolute atomic E-state index is 0.297. The van der Waals surface area contributed by atoms with E-state index in [9.17, 15) is 4.39 Å². The predicted molar refractivity (Wildman–Crippen MR) is 82.6 cm³/mol. The van der Waals surface area contributed by atoms with E-state index in [2.05, 4.69) is 27.3 Å². The molecule has 21 heavy (non-hydrogen) atoms. The maximum Gasteiger partial charge on any atom is 0.208 e. The molecule has 2 aromatic carbocycles. The molecule has 1 N–H and O–H groups in total. The quantitative estimate of drug-likeness (QED) is 0.725. The molecular formula is C16H14FN3S. The second kappa shape index (κ2) is 6.54. The summed E-state index contributed by atoms with van der Waals surface area (Å²) >= 11 is 1.56. The van der Waals surface area contributed by atoms with Gasteiger partial charge in [-0.3, -0.25) is 5.10 Å². The largest absolute Gasteiger partial charge is 0.258 e. The Bertz CT molecular complexity index is 712. The molecule has 0 unspecified atom stereocenters. The van der Waals surface area contributed by atoms with E-state index in [-0.39, 0.29) is 5.82 Å². The van der Waals surface area contributed by atoms with Gasteiger partial charge in [0.1, 0.15) is 5.82 Å². The van der Waals surface area contributed by atoms with Crippen molar-refractivity contribution >= 4 is 11.8 Å². The molecule has 3 aromatic rings. The summed E-state index contributed by atoms with van der Waals surface area (Å²) in [5, 5.41) is 7.56. The summed E-state index contributed by atoms with van der Waals surface area (Å²) in [4.78, 5) is 4.33. The minimum Gasteiger partial charge on any atom is -0.258 e. The number of benzene rings is 2. The van der Waals surface area contributed by atoms with Crippen molar-refractivity contribution in [2.24, 2.45) is 0 Å². The predicted octanol–water partition coefficient (Wildman–Crippen LogP) is 3.95. The minimum atomic E-state index is -0.297. The van der Waals surface area contributed by atoms with Crippen molar-refractivity contribution in [1.29, 1.82) is 0 Å². The van der Waals surface area contributed by atoms with Crippen LogP contribution in [-0.4, -0.2) is 20.9 Å². The highest BCUT2D eigenvalue weighted by Crippen LogP contribution is 2.22. The van der Waals surface area contributed by atoms with Crippen molar-refractivity contribution in [2.75, 3.05) is 5.75 Å². The number of hydrogen-bond donors (Lipinski definition) is 1. The van der Waals surface area contributed by atoms with Crippen LogP contribution in [0.15, 0.2) is 59.8 Å². The van der Waals surface area contributed by atoms with Gasteiger partial charge in [0.25, 0.3) is 0 Å². The first kappa shape index (κ1) is 13.8. The first-order valence-electron chi connectivity index (χ1n) is 6.67. The molecule has 1 aromatic heterocycles. The number of rotatable bonds is 5. The molecule has 0 amide bonds. The summed E-state index contributed by atoms with van der Waals surface area (Å²) in [6, 6.07) is 16.8. The number of aromatic nitrogens is 3. The van der Waals surface area contributed by atoms with Crippen molar-refractivity contribution < 1.29 is 4.39 Å². The normalized spacial score (nSPS) is 10.7. The fourth-order valence-corrected chi connectivity index (χ4v) is 2.78. The molecule has 0 atom stereocenters. The van der Waals surface area contributed by atoms with Crippen LogP contribution in [0.2, 0.25) is 0 Å². The van der Waals surface area contributed by atoms with E-state index < -0.39 is 0 Å². The highest BCUT2D eigenvalue weighted by Gasteiger charge is 2.09. The second-order valence-corrected chi connectivity index (χ2v) is 5.59. The summed E-state index contributed by atoms with van der Waals surface area (Å²) in [6.45, 7) is 0. The van der Waals surface area contributed by atoms with Gasteiger partial charge in [0.05, 0.1) is 5.56 Å². The Morgan fingerprint density at radius 3 is 2.57 bits per heavy atom. The molecule has 0 fully saturated rings. The van der Waals surface area contributed by atoms with Crippen molar-refractivity contribution in [3.8, 4) is 11.4 Å². The van der Waals surface area contributed by atoms with E-state index in [0.29, 0.717) is 16.5 Å². The van der Waals surface area contributed by atoms with Gasteiger partial charge in [0, 0.05) is 5.75 Å². The van der Waals surface area contributed by atoms with Gasteiger partial charge < -0.3 is 0 Å². The molecular weight excluding hydrogens is 285 g/mol. The number of thioether (sulfide) groups is 1. The first-order valence-corrected chi connectivity index (χ1v) is 7.65. The summed E-state index contributed by atoms with van der Waals surface area (Å²) in [5.74, 6) is 1.06. The Balaban J connectivity index is 1.62. The van der Waals surface area contributed by atoms with E-state index in [1.807, 2.05) is 18.2 Å². The van der Waals surface area contributed by atoms with Crippen LogP contribution < -0.4 is 0 Å². The molecule has 0 radical (unpaired) electrons. The molecule has 0 spiro atoms. The molecule has 0 aliphatic carbocycles. The zero-order chi connectivity index (χ0) is 14.5. The number of hydrogen-bond acceptors (Lipinski definition) is 3. The summed E-state index contributed by atoms with van der Waals surface area (Å²) in [5.41, 5.74) is 1.73. The number of nitrogens with one attached hydrogen (secondary N) is 1. The van der Waals surface area contributed by atoms with Gasteiger partial charge in [0.15, 0.2) is 5.82 Å². The van der Waals surface area contributed by atoms with Crippen LogP contribution in [-0.2, 0) is 6.42 Å². The molecule has 3 nitrogen and oxygen atoms in total. The second-order valence-electron chi connectivity index (χ2n) is 4.53. The number of aryl methyl sites for hydroxylation is 1. The monoisotopic (exact) mass is 299 g/mol. The lowest BCUT2D eigenvalue weighted by atomic mass is 10.2. The molecule has 5 heteroatoms. The molecule has 0 saturated carbocycles. The molecule has 0 saturated heterocycles. The fraction of sp³-hybridized carbons (Fsp3) is 0.125. The average Bonchev–Trinajstić information content (AvgIpc) is 2.97. The number of aromatic amines is 1. The Kier molecular flexibility index (Phi) is 4.31. The number of nitrogens with zero attached hydrogens (tertiary/aromatic N) is 2. The highest BCUT2D eigenvalue weighted by molar-refractivity contribution is 7.99. The summed E-state index contributed by atoms with van der Waals surface area (Å²) < 4.78 is 13.7. The van der Waals surface area contributed by atoms with Gasteiger partial charge >= 0.3 is 0 Å². The van der Waals surface area contributed by atoms with Crippen molar-refractivity contribution in [3.05, 3.63) is 66.0 Å². The summed E-state index contributed by atoms with van der Waals surface area (Å²) in [7, 11) is 0. The van der Waals surface area contributed by atoms with Crippen molar-refractivity contribution in [1.82, 2.24) is 15.2 Å². The molecule has 106 valence electrons. The Labute approximate surface area is 126 Å². The van der Waals surface area contributed by atoms with Gasteiger partial charge in [0.2, 0.25) is 5.16 Å². The Morgan fingerprint density at radius 2 is 1.76 bits per heavy atom. The third-order valence-electron chi connectivity index (χ3n) is 3.06. The van der Waals surface area contributed by atoms with Gasteiger partial charge in [-0.1, -0.05) is 54.2 Å². The van der Waals surface area contributed by atoms with Crippen molar-refractivity contribution in [2.45, 2.75) is 11.6 Å². The van der Waals surface area contributed by atoms with Crippen LogP contribution in [0.3, 0.4) is 0 Å². The van der Waals surface area contributed by atoms with E-state index in [0.717, 1.165) is 12.2 Å². The van der Waals surface area contributed by atoms with Crippen LogP contribution in [0.4, 0.5) is 4.39 Å². The van der Waals surface area contributed by atoms with E-state index in [4.69, 9.17) is 0 Å². The van der Waals surface area contributed by atoms with Crippen LogP contribution in [0.1, 0.15) is 5.56 Å². The third-order valence-corrected chi connectivity index (χ3v) is 3.91. The van der Waals surface area contributed by atoms with Gasteiger partial charge in [-0.15, -0.1) is 5.10 Å². The van der Waals surface area contributed by atoms with E-state index >= 15 is 0 Å². The molecule has 3 rings (SSSR count). The Morgan fingerprint density at radius 1 is 1.00 bits per heavy atom. The van der Waals surface area contributed by atoms with Gasteiger partial charge in [-0.05, 0) is 24.1 Å².